The van der Waals surface area contributed by atoms with Gasteiger partial charge in [-0.05, 0) is 24.3 Å². The Morgan fingerprint density at radius 2 is 1.25 bits per heavy atom. The topological polar surface area (TPSA) is 46.3 Å². The first-order valence-electron chi connectivity index (χ1n) is 12.7. The first kappa shape index (κ1) is 28.1. The van der Waals surface area contributed by atoms with Crippen LogP contribution < -0.4 is 10.9 Å². The van der Waals surface area contributed by atoms with Crippen LogP contribution in [0, 0.1) is 0 Å². The molecule has 0 aliphatic rings. The standard InChI is InChI=1S/C17H38N.C11H10N2O/c1-5-6-7-8-9-10-11-12-13-14-15-16-17-18(2,3)4;12-13(8-14)11-7-3-5-9-4-1-2-6-10(9)11/h5-17H2,1-4H3;1-8H,12H2/q+1;. The summed E-state index contributed by atoms with van der Waals surface area (Å²) in [6.45, 7) is 3.62. The molecule has 180 valence electrons. The van der Waals surface area contributed by atoms with Gasteiger partial charge in [0, 0.05) is 5.39 Å². The fourth-order valence-corrected chi connectivity index (χ4v) is 3.92. The lowest BCUT2D eigenvalue weighted by atomic mass is 10.1. The van der Waals surface area contributed by atoms with Crippen LogP contribution in [0.4, 0.5) is 5.69 Å². The normalized spacial score (nSPS) is 11.2. The number of carbonyl (C=O) groups excluding carboxylic acids is 1. The van der Waals surface area contributed by atoms with E-state index in [2.05, 4.69) is 28.1 Å². The summed E-state index contributed by atoms with van der Waals surface area (Å²) >= 11 is 0. The molecule has 0 saturated heterocycles. The summed E-state index contributed by atoms with van der Waals surface area (Å²) in [4.78, 5) is 10.5. The smallest absolute Gasteiger partial charge is 0.228 e. The van der Waals surface area contributed by atoms with E-state index in [0.29, 0.717) is 6.41 Å². The van der Waals surface area contributed by atoms with Gasteiger partial charge in [-0.3, -0.25) is 9.80 Å². The molecule has 4 heteroatoms. The molecular formula is C28H48N3O+. The maximum atomic E-state index is 10.5. The molecule has 0 spiro atoms. The van der Waals surface area contributed by atoms with Crippen LogP contribution in [-0.2, 0) is 4.79 Å². The minimum Gasteiger partial charge on any atom is -0.331 e. The highest BCUT2D eigenvalue weighted by atomic mass is 16.1. The van der Waals surface area contributed by atoms with Gasteiger partial charge in [0.15, 0.2) is 0 Å². The molecule has 0 bridgehead atoms. The van der Waals surface area contributed by atoms with Gasteiger partial charge in [-0.15, -0.1) is 0 Å². The van der Waals surface area contributed by atoms with Gasteiger partial charge < -0.3 is 4.48 Å². The van der Waals surface area contributed by atoms with Gasteiger partial charge in [0.05, 0.1) is 33.4 Å². The summed E-state index contributed by atoms with van der Waals surface area (Å²) in [5.74, 6) is 5.53. The molecule has 1 amide bonds. The molecule has 2 N–H and O–H groups in total. The van der Waals surface area contributed by atoms with Gasteiger partial charge in [-0.1, -0.05) is 108 Å². The quantitative estimate of drug-likeness (QED) is 0.0800. The van der Waals surface area contributed by atoms with Crippen LogP contribution in [0.15, 0.2) is 42.5 Å². The minimum atomic E-state index is 0.599. The van der Waals surface area contributed by atoms with E-state index in [1.807, 2.05) is 42.5 Å². The Balaban J connectivity index is 0.000000328. The Hall–Kier alpha value is -1.91. The monoisotopic (exact) mass is 442 g/mol. The summed E-state index contributed by atoms with van der Waals surface area (Å²) in [6.07, 6.45) is 18.0. The Bertz CT molecular complexity index is 734. The molecule has 0 fully saturated rings. The van der Waals surface area contributed by atoms with Gasteiger partial charge >= 0.3 is 0 Å². The number of anilines is 1. The molecule has 0 radical (unpaired) electrons. The lowest BCUT2D eigenvalue weighted by Gasteiger charge is -2.23. The molecule has 2 aromatic rings. The Kier molecular flexibility index (Phi) is 14.7. The highest BCUT2D eigenvalue weighted by molar-refractivity contribution is 5.97. The molecule has 0 heterocycles. The number of quaternary nitrogens is 1. The van der Waals surface area contributed by atoms with E-state index < -0.39 is 0 Å². The van der Waals surface area contributed by atoms with Gasteiger partial charge in [-0.25, -0.2) is 5.84 Å². The number of amides is 1. The van der Waals surface area contributed by atoms with E-state index in [9.17, 15) is 4.79 Å². The van der Waals surface area contributed by atoms with Crippen LogP contribution in [-0.4, -0.2) is 38.6 Å². The van der Waals surface area contributed by atoms with Crippen LogP contribution in [0.1, 0.15) is 84.0 Å². The number of nitrogens with two attached hydrogens (primary N) is 1. The second-order valence-corrected chi connectivity index (χ2v) is 9.91. The number of nitrogens with zero attached hydrogens (tertiary/aromatic N) is 2. The van der Waals surface area contributed by atoms with Crippen molar-refractivity contribution in [3.8, 4) is 0 Å². The fourth-order valence-electron chi connectivity index (χ4n) is 3.92. The van der Waals surface area contributed by atoms with Crippen LogP contribution in [0.2, 0.25) is 0 Å². The van der Waals surface area contributed by atoms with Crippen molar-refractivity contribution >= 4 is 22.9 Å². The van der Waals surface area contributed by atoms with Crippen LogP contribution in [0.5, 0.6) is 0 Å². The van der Waals surface area contributed by atoms with Crippen molar-refractivity contribution in [1.82, 2.24) is 0 Å². The number of rotatable bonds is 15. The van der Waals surface area contributed by atoms with Crippen molar-refractivity contribution in [2.24, 2.45) is 5.84 Å². The van der Waals surface area contributed by atoms with Crippen molar-refractivity contribution in [2.45, 2.75) is 84.0 Å². The zero-order chi connectivity index (χ0) is 23.7. The van der Waals surface area contributed by atoms with Gasteiger partial charge in [0.25, 0.3) is 0 Å². The van der Waals surface area contributed by atoms with Gasteiger partial charge in [-0.2, -0.15) is 0 Å². The van der Waals surface area contributed by atoms with Crippen molar-refractivity contribution in [3.05, 3.63) is 42.5 Å². The average Bonchev–Trinajstić information content (AvgIpc) is 2.78. The van der Waals surface area contributed by atoms with Crippen molar-refractivity contribution in [3.63, 3.8) is 0 Å². The highest BCUT2D eigenvalue weighted by Crippen LogP contribution is 2.24. The summed E-state index contributed by atoms with van der Waals surface area (Å²) in [7, 11) is 6.87. The van der Waals surface area contributed by atoms with Crippen molar-refractivity contribution < 1.29 is 9.28 Å². The van der Waals surface area contributed by atoms with Gasteiger partial charge in [0.1, 0.15) is 0 Å². The molecule has 0 aliphatic heterocycles. The summed E-state index contributed by atoms with van der Waals surface area (Å²) in [5, 5.41) is 3.13. The maximum Gasteiger partial charge on any atom is 0.228 e. The van der Waals surface area contributed by atoms with Crippen molar-refractivity contribution in [2.75, 3.05) is 32.7 Å². The van der Waals surface area contributed by atoms with Crippen molar-refractivity contribution in [1.29, 1.82) is 0 Å². The highest BCUT2D eigenvalue weighted by Gasteiger charge is 2.05. The average molecular weight is 443 g/mol. The zero-order valence-corrected chi connectivity index (χ0v) is 21.2. The summed E-state index contributed by atoms with van der Waals surface area (Å²) in [6, 6.07) is 13.5. The first-order chi connectivity index (χ1) is 15.4. The van der Waals surface area contributed by atoms with Gasteiger partial charge in [0.2, 0.25) is 6.41 Å². The molecule has 2 aromatic carbocycles. The van der Waals surface area contributed by atoms with E-state index in [4.69, 9.17) is 5.84 Å². The third-order valence-corrected chi connectivity index (χ3v) is 5.84. The first-order valence-corrected chi connectivity index (χ1v) is 12.7. The lowest BCUT2D eigenvalue weighted by molar-refractivity contribution is -0.870. The number of hydrazine groups is 1. The minimum absolute atomic E-state index is 0.599. The molecular weight excluding hydrogens is 394 g/mol. The predicted molar refractivity (Wildman–Crippen MR) is 141 cm³/mol. The Labute approximate surface area is 197 Å². The Morgan fingerprint density at radius 3 is 1.78 bits per heavy atom. The summed E-state index contributed by atoms with van der Waals surface area (Å²) in [5.41, 5.74) is 0.720. The van der Waals surface area contributed by atoms with Crippen LogP contribution >= 0.6 is 0 Å². The second-order valence-electron chi connectivity index (χ2n) is 9.91. The number of carbonyl (C=O) groups is 1. The molecule has 0 aliphatic carbocycles. The SMILES string of the molecule is CCCCCCCCCCCCCC[N+](C)(C)C.NN(C=O)c1cccc2ccccc12. The van der Waals surface area contributed by atoms with E-state index in [0.717, 1.165) is 26.0 Å². The molecule has 4 nitrogen and oxygen atoms in total. The molecule has 2 rings (SSSR count). The molecule has 0 unspecified atom stereocenters. The predicted octanol–water partition coefficient (Wildman–Crippen LogP) is 7.07. The molecule has 0 saturated carbocycles. The number of hydrogen-bond acceptors (Lipinski definition) is 2. The lowest BCUT2D eigenvalue weighted by Crippen LogP contribution is -2.35. The van der Waals surface area contributed by atoms with E-state index in [1.54, 1.807) is 0 Å². The molecule has 0 aromatic heterocycles. The number of benzene rings is 2. The van der Waals surface area contributed by atoms with E-state index >= 15 is 0 Å². The third kappa shape index (κ3) is 12.8. The maximum absolute atomic E-state index is 10.5. The third-order valence-electron chi connectivity index (χ3n) is 5.84. The van der Waals surface area contributed by atoms with Crippen LogP contribution in [0.25, 0.3) is 10.8 Å². The number of hydrogen-bond donors (Lipinski definition) is 1. The number of unbranched alkanes of at least 4 members (excludes halogenated alkanes) is 11. The molecule has 32 heavy (non-hydrogen) atoms. The largest absolute Gasteiger partial charge is 0.331 e. The fraction of sp³-hybridized carbons (Fsp3) is 0.607. The van der Waals surface area contributed by atoms with Crippen LogP contribution in [0.3, 0.4) is 0 Å². The van der Waals surface area contributed by atoms with E-state index in [-0.39, 0.29) is 0 Å². The molecule has 0 atom stereocenters. The second kappa shape index (κ2) is 16.7. The van der Waals surface area contributed by atoms with E-state index in [1.165, 1.54) is 83.6 Å². The Morgan fingerprint density at radius 1 is 0.750 bits per heavy atom. The zero-order valence-electron chi connectivity index (χ0n) is 21.2. The summed E-state index contributed by atoms with van der Waals surface area (Å²) < 4.78 is 1.12. The number of fused-ring (bicyclic) bond motifs is 1.